The van der Waals surface area contributed by atoms with Crippen LogP contribution in [0.1, 0.15) is 58.0 Å². The molecule has 6 rings (SSSR count). The number of hydrogen-bond acceptors (Lipinski definition) is 8. The number of anilines is 3. The second-order valence-corrected chi connectivity index (χ2v) is 10.3. The molecule has 2 saturated carbocycles. The summed E-state index contributed by atoms with van der Waals surface area (Å²) in [5.74, 6) is 1.66. The van der Waals surface area contributed by atoms with Gasteiger partial charge in [0, 0.05) is 48.1 Å². The minimum atomic E-state index is -2.72. The molecule has 4 heterocycles. The number of aliphatic hydroxyl groups is 1. The van der Waals surface area contributed by atoms with Gasteiger partial charge >= 0.3 is 6.55 Å². The molecule has 0 aromatic carbocycles. The lowest BCUT2D eigenvalue weighted by atomic mass is 9.83. The molecule has 4 aromatic rings. The lowest BCUT2D eigenvalue weighted by Gasteiger charge is -2.34. The summed E-state index contributed by atoms with van der Waals surface area (Å²) in [6, 6.07) is 5.73. The summed E-state index contributed by atoms with van der Waals surface area (Å²) in [6.07, 6.45) is 13.5. The Labute approximate surface area is 218 Å². The molecule has 2 aliphatic rings. The summed E-state index contributed by atoms with van der Waals surface area (Å²) >= 11 is 0. The zero-order chi connectivity index (χ0) is 26.3. The van der Waals surface area contributed by atoms with Crippen molar-refractivity contribution in [3.05, 3.63) is 49.2 Å². The standard InChI is InChI=1S/C26H29F2N9O/c1-26(38)8-4-17(5-9-26)32-21-12-23(30-14-19(21)20-7-11-36(35-20)25(27)28)33-22-6-10-29-24(34-22)16-13-31-37(15-16)18-2-3-18/h6-7,10-15,17-18,25,38H,2-5,8-9H2,1H3,(H2,29,30,32,33,34). The first-order chi connectivity index (χ1) is 18.3. The molecular formula is C26H29F2N9O. The Hall–Kier alpha value is -3.93. The van der Waals surface area contributed by atoms with Crippen molar-refractivity contribution in [2.45, 2.75) is 69.7 Å². The average molecular weight is 522 g/mol. The van der Waals surface area contributed by atoms with E-state index in [2.05, 4.69) is 35.8 Å². The summed E-state index contributed by atoms with van der Waals surface area (Å²) in [7, 11) is 0. The molecule has 0 radical (unpaired) electrons. The highest BCUT2D eigenvalue weighted by Gasteiger charge is 2.29. The Morgan fingerprint density at radius 2 is 1.89 bits per heavy atom. The zero-order valence-corrected chi connectivity index (χ0v) is 20.9. The van der Waals surface area contributed by atoms with Crippen molar-refractivity contribution in [1.29, 1.82) is 0 Å². The third-order valence-electron chi connectivity index (χ3n) is 7.10. The van der Waals surface area contributed by atoms with Gasteiger partial charge in [-0.2, -0.15) is 19.0 Å². The second kappa shape index (κ2) is 9.75. The Morgan fingerprint density at radius 3 is 2.63 bits per heavy atom. The summed E-state index contributed by atoms with van der Waals surface area (Å²) in [5, 5.41) is 25.6. The molecular weight excluding hydrogens is 492 g/mol. The molecule has 12 heteroatoms. The first kappa shape index (κ1) is 24.4. The van der Waals surface area contributed by atoms with Gasteiger partial charge in [0.1, 0.15) is 11.6 Å². The molecule has 4 aromatic heterocycles. The van der Waals surface area contributed by atoms with Gasteiger partial charge < -0.3 is 15.7 Å². The third kappa shape index (κ3) is 5.35. The SMILES string of the molecule is CC1(O)CCC(Nc2cc(Nc3ccnc(-c4cnn(C5CC5)c4)n3)ncc2-c2ccn(C(F)F)n2)CC1. The van der Waals surface area contributed by atoms with Gasteiger partial charge in [-0.25, -0.2) is 19.6 Å². The predicted molar refractivity (Wildman–Crippen MR) is 138 cm³/mol. The van der Waals surface area contributed by atoms with E-state index >= 15 is 0 Å². The largest absolute Gasteiger partial charge is 0.390 e. The van der Waals surface area contributed by atoms with Crippen molar-refractivity contribution >= 4 is 17.3 Å². The fraction of sp³-hybridized carbons (Fsp3) is 0.423. The number of halogens is 2. The average Bonchev–Trinajstić information content (AvgIpc) is 3.41. The monoisotopic (exact) mass is 521 g/mol. The van der Waals surface area contributed by atoms with E-state index in [9.17, 15) is 13.9 Å². The van der Waals surface area contributed by atoms with E-state index in [4.69, 9.17) is 0 Å². The van der Waals surface area contributed by atoms with E-state index in [-0.39, 0.29) is 6.04 Å². The minimum Gasteiger partial charge on any atom is -0.390 e. The lowest BCUT2D eigenvalue weighted by molar-refractivity contribution is 0.0196. The molecule has 0 atom stereocenters. The Bertz CT molecular complexity index is 1420. The van der Waals surface area contributed by atoms with E-state index in [1.165, 1.54) is 6.20 Å². The molecule has 38 heavy (non-hydrogen) atoms. The fourth-order valence-electron chi connectivity index (χ4n) is 4.73. The van der Waals surface area contributed by atoms with Crippen molar-refractivity contribution < 1.29 is 13.9 Å². The van der Waals surface area contributed by atoms with Crippen molar-refractivity contribution in [1.82, 2.24) is 34.5 Å². The van der Waals surface area contributed by atoms with Gasteiger partial charge in [-0.1, -0.05) is 0 Å². The molecule has 0 unspecified atom stereocenters. The van der Waals surface area contributed by atoms with Gasteiger partial charge in [-0.05, 0) is 57.6 Å². The van der Waals surface area contributed by atoms with Gasteiger partial charge in [0.15, 0.2) is 5.82 Å². The van der Waals surface area contributed by atoms with E-state index in [1.54, 1.807) is 30.7 Å². The molecule has 198 valence electrons. The van der Waals surface area contributed by atoms with Gasteiger partial charge in [0.05, 0.1) is 29.1 Å². The van der Waals surface area contributed by atoms with Gasteiger partial charge in [0.2, 0.25) is 0 Å². The summed E-state index contributed by atoms with van der Waals surface area (Å²) in [5.41, 5.74) is 1.90. The van der Waals surface area contributed by atoms with Crippen LogP contribution < -0.4 is 10.6 Å². The first-order valence-corrected chi connectivity index (χ1v) is 12.8. The molecule has 2 fully saturated rings. The summed E-state index contributed by atoms with van der Waals surface area (Å²) in [4.78, 5) is 13.5. The van der Waals surface area contributed by atoms with Crippen LogP contribution in [0.4, 0.5) is 26.1 Å². The van der Waals surface area contributed by atoms with E-state index < -0.39 is 12.2 Å². The molecule has 0 aliphatic heterocycles. The summed E-state index contributed by atoms with van der Waals surface area (Å²) < 4.78 is 28.9. The highest BCUT2D eigenvalue weighted by atomic mass is 19.3. The van der Waals surface area contributed by atoms with Gasteiger partial charge in [-0.15, -0.1) is 0 Å². The first-order valence-electron chi connectivity index (χ1n) is 12.8. The number of nitrogens with zero attached hydrogens (tertiary/aromatic N) is 7. The number of alkyl halides is 2. The van der Waals surface area contributed by atoms with Gasteiger partial charge in [-0.3, -0.25) is 4.68 Å². The van der Waals surface area contributed by atoms with E-state index in [0.29, 0.717) is 58.0 Å². The maximum atomic E-state index is 13.2. The van der Waals surface area contributed by atoms with Crippen LogP contribution in [0, 0.1) is 0 Å². The zero-order valence-electron chi connectivity index (χ0n) is 20.9. The molecule has 2 aliphatic carbocycles. The van der Waals surface area contributed by atoms with Crippen LogP contribution in [0.25, 0.3) is 22.6 Å². The van der Waals surface area contributed by atoms with Crippen molar-refractivity contribution in [3.63, 3.8) is 0 Å². The molecule has 0 spiro atoms. The third-order valence-corrected chi connectivity index (χ3v) is 7.10. The lowest BCUT2D eigenvalue weighted by Crippen LogP contribution is -2.35. The van der Waals surface area contributed by atoms with Crippen LogP contribution in [0.15, 0.2) is 49.2 Å². The van der Waals surface area contributed by atoms with Crippen LogP contribution in [0.2, 0.25) is 0 Å². The maximum absolute atomic E-state index is 13.2. The molecule has 0 bridgehead atoms. The quantitative estimate of drug-likeness (QED) is 0.290. The summed E-state index contributed by atoms with van der Waals surface area (Å²) in [6.45, 7) is -0.870. The number of nitrogens with one attached hydrogen (secondary N) is 2. The van der Waals surface area contributed by atoms with Crippen molar-refractivity contribution in [2.24, 2.45) is 0 Å². The normalized spacial score (nSPS) is 21.6. The second-order valence-electron chi connectivity index (χ2n) is 10.3. The van der Waals surface area contributed by atoms with Gasteiger partial charge in [0.25, 0.3) is 0 Å². The highest BCUT2D eigenvalue weighted by molar-refractivity contribution is 5.78. The number of pyridine rings is 1. The van der Waals surface area contributed by atoms with Crippen molar-refractivity contribution in [2.75, 3.05) is 10.6 Å². The smallest absolute Gasteiger partial charge is 0.333 e. The highest BCUT2D eigenvalue weighted by Crippen LogP contribution is 2.36. The van der Waals surface area contributed by atoms with Crippen LogP contribution in [-0.4, -0.2) is 51.3 Å². The van der Waals surface area contributed by atoms with E-state index in [0.717, 1.165) is 31.2 Å². The minimum absolute atomic E-state index is 0.120. The number of rotatable bonds is 8. The topological polar surface area (TPSA) is 119 Å². The Kier molecular flexibility index (Phi) is 6.26. The number of aromatic nitrogens is 7. The van der Waals surface area contributed by atoms with Crippen molar-refractivity contribution in [3.8, 4) is 22.6 Å². The van der Waals surface area contributed by atoms with Crippen LogP contribution >= 0.6 is 0 Å². The predicted octanol–water partition coefficient (Wildman–Crippen LogP) is 5.18. The fourth-order valence-corrected chi connectivity index (χ4v) is 4.73. The van der Waals surface area contributed by atoms with Crippen LogP contribution in [0.5, 0.6) is 0 Å². The molecule has 0 saturated heterocycles. The maximum Gasteiger partial charge on any atom is 0.333 e. The molecule has 0 amide bonds. The Balaban J connectivity index is 1.26. The Morgan fingerprint density at radius 1 is 1.08 bits per heavy atom. The number of hydrogen-bond donors (Lipinski definition) is 3. The molecule has 10 nitrogen and oxygen atoms in total. The van der Waals surface area contributed by atoms with Crippen LogP contribution in [-0.2, 0) is 0 Å². The van der Waals surface area contributed by atoms with E-state index in [1.807, 2.05) is 23.9 Å². The van der Waals surface area contributed by atoms with Crippen LogP contribution in [0.3, 0.4) is 0 Å². The molecule has 3 N–H and O–H groups in total.